The van der Waals surface area contributed by atoms with Crippen LogP contribution in [0.2, 0.25) is 0 Å². The van der Waals surface area contributed by atoms with E-state index in [0.29, 0.717) is 5.56 Å². The molecule has 0 saturated carbocycles. The van der Waals surface area contributed by atoms with Gasteiger partial charge in [-0.15, -0.1) is 0 Å². The summed E-state index contributed by atoms with van der Waals surface area (Å²) in [6, 6.07) is 16.3. The highest BCUT2D eigenvalue weighted by Crippen LogP contribution is 2.44. The molecule has 1 aromatic heterocycles. The van der Waals surface area contributed by atoms with E-state index in [0.717, 1.165) is 27.9 Å². The van der Waals surface area contributed by atoms with Crippen LogP contribution in [0.15, 0.2) is 54.7 Å². The highest BCUT2D eigenvalue weighted by atomic mass is 16.6. The predicted octanol–water partition coefficient (Wildman–Crippen LogP) is 3.35. The van der Waals surface area contributed by atoms with Crippen LogP contribution >= 0.6 is 0 Å². The highest BCUT2D eigenvalue weighted by molar-refractivity contribution is 5.80. The van der Waals surface area contributed by atoms with Crippen molar-refractivity contribution in [3.63, 3.8) is 0 Å². The molecule has 152 valence electrons. The molecule has 1 aliphatic carbocycles. The molecule has 2 aliphatic rings. The smallest absolute Gasteiger partial charge is 0.410 e. The Morgan fingerprint density at radius 2 is 1.70 bits per heavy atom. The Bertz CT molecular complexity index is 1110. The number of hydrogen-bond donors (Lipinski definition) is 1. The number of amides is 1. The summed E-state index contributed by atoms with van der Waals surface area (Å²) in [7, 11) is 1.75. The molecule has 1 unspecified atom stereocenters. The van der Waals surface area contributed by atoms with Gasteiger partial charge >= 0.3 is 12.1 Å². The fourth-order valence-corrected chi connectivity index (χ4v) is 4.56. The monoisotopic (exact) mass is 403 g/mol. The van der Waals surface area contributed by atoms with Gasteiger partial charge in [0.25, 0.3) is 0 Å². The van der Waals surface area contributed by atoms with Crippen LogP contribution in [0.5, 0.6) is 0 Å². The Labute approximate surface area is 173 Å². The number of hydrogen-bond acceptors (Lipinski definition) is 4. The summed E-state index contributed by atoms with van der Waals surface area (Å²) in [6.07, 6.45) is 1.07. The summed E-state index contributed by atoms with van der Waals surface area (Å²) >= 11 is 0. The van der Waals surface area contributed by atoms with Crippen molar-refractivity contribution >= 4 is 12.1 Å². The van der Waals surface area contributed by atoms with Gasteiger partial charge in [0.05, 0.1) is 18.4 Å². The zero-order chi connectivity index (χ0) is 20.8. The van der Waals surface area contributed by atoms with Gasteiger partial charge in [-0.25, -0.2) is 4.79 Å². The first kappa shape index (κ1) is 18.4. The van der Waals surface area contributed by atoms with Crippen LogP contribution in [0.25, 0.3) is 11.1 Å². The maximum atomic E-state index is 12.9. The number of fused-ring (bicyclic) bond motifs is 4. The molecule has 0 radical (unpaired) electrons. The molecular formula is C23H21N3O4. The summed E-state index contributed by atoms with van der Waals surface area (Å²) in [5.41, 5.74) is 6.00. The zero-order valence-electron chi connectivity index (χ0n) is 16.5. The summed E-state index contributed by atoms with van der Waals surface area (Å²) in [5.74, 6) is -1.81. The summed E-state index contributed by atoms with van der Waals surface area (Å²) in [5, 5.41) is 13.8. The van der Waals surface area contributed by atoms with Gasteiger partial charge in [-0.1, -0.05) is 48.5 Å². The van der Waals surface area contributed by atoms with E-state index in [1.165, 1.54) is 4.90 Å². The van der Waals surface area contributed by atoms with Gasteiger partial charge in [0, 0.05) is 25.1 Å². The quantitative estimate of drug-likeness (QED) is 0.725. The lowest BCUT2D eigenvalue weighted by Gasteiger charge is -2.30. The van der Waals surface area contributed by atoms with Gasteiger partial charge in [-0.2, -0.15) is 5.10 Å². The molecule has 30 heavy (non-hydrogen) atoms. The fourth-order valence-electron chi connectivity index (χ4n) is 4.56. The molecule has 0 bridgehead atoms. The molecule has 1 atom stereocenters. The Morgan fingerprint density at radius 3 is 2.33 bits per heavy atom. The second-order valence-electron chi connectivity index (χ2n) is 7.75. The lowest BCUT2D eigenvalue weighted by atomic mass is 9.95. The van der Waals surface area contributed by atoms with Gasteiger partial charge in [-0.3, -0.25) is 9.48 Å². The molecule has 1 amide bonds. The van der Waals surface area contributed by atoms with Gasteiger partial charge in [-0.05, 0) is 22.3 Å². The first-order chi connectivity index (χ1) is 14.5. The first-order valence-electron chi connectivity index (χ1n) is 9.88. The van der Waals surface area contributed by atoms with Crippen LogP contribution < -0.4 is 0 Å². The Morgan fingerprint density at radius 1 is 1.07 bits per heavy atom. The average molecular weight is 403 g/mol. The molecule has 0 fully saturated rings. The van der Waals surface area contributed by atoms with E-state index in [1.54, 1.807) is 17.9 Å². The Hall–Kier alpha value is -3.61. The first-order valence-corrected chi connectivity index (χ1v) is 9.88. The van der Waals surface area contributed by atoms with E-state index in [1.807, 2.05) is 24.3 Å². The van der Waals surface area contributed by atoms with Crippen molar-refractivity contribution in [2.75, 3.05) is 13.2 Å². The lowest BCUT2D eigenvalue weighted by molar-refractivity contribution is -0.139. The van der Waals surface area contributed by atoms with Crippen molar-refractivity contribution in [1.29, 1.82) is 0 Å². The van der Waals surface area contributed by atoms with E-state index in [-0.39, 0.29) is 25.6 Å². The summed E-state index contributed by atoms with van der Waals surface area (Å²) in [4.78, 5) is 26.0. The minimum absolute atomic E-state index is 0.0336. The minimum Gasteiger partial charge on any atom is -0.481 e. The van der Waals surface area contributed by atoms with Crippen molar-refractivity contribution in [2.45, 2.75) is 18.4 Å². The summed E-state index contributed by atoms with van der Waals surface area (Å²) in [6.45, 7) is 0.566. The number of nitrogens with zero attached hydrogens (tertiary/aromatic N) is 3. The number of aryl methyl sites for hydroxylation is 1. The zero-order valence-corrected chi connectivity index (χ0v) is 16.5. The maximum Gasteiger partial charge on any atom is 0.410 e. The third-order valence-corrected chi connectivity index (χ3v) is 6.11. The number of rotatable bonds is 3. The van der Waals surface area contributed by atoms with Crippen LogP contribution in [0.4, 0.5) is 4.79 Å². The number of ether oxygens (including phenoxy) is 1. The molecule has 2 heterocycles. The topological polar surface area (TPSA) is 84.7 Å². The van der Waals surface area contributed by atoms with Crippen molar-refractivity contribution in [2.24, 2.45) is 7.05 Å². The second kappa shape index (κ2) is 7.02. The van der Waals surface area contributed by atoms with E-state index < -0.39 is 18.0 Å². The average Bonchev–Trinajstić information content (AvgIpc) is 3.29. The van der Waals surface area contributed by atoms with Crippen molar-refractivity contribution < 1.29 is 19.4 Å². The number of benzene rings is 2. The Kier molecular flexibility index (Phi) is 4.31. The SMILES string of the molecule is Cn1ncc2c1CN(C(=O)OCC1c3ccccc3-c3ccccc31)CC2C(=O)O. The van der Waals surface area contributed by atoms with E-state index in [4.69, 9.17) is 4.74 Å². The number of aliphatic carboxylic acids is 1. The van der Waals surface area contributed by atoms with E-state index in [9.17, 15) is 14.7 Å². The van der Waals surface area contributed by atoms with Gasteiger partial charge in [0.1, 0.15) is 12.5 Å². The number of carbonyl (C=O) groups excluding carboxylic acids is 1. The lowest BCUT2D eigenvalue weighted by Crippen LogP contribution is -2.41. The maximum absolute atomic E-state index is 12.9. The van der Waals surface area contributed by atoms with Crippen LogP contribution in [-0.4, -0.2) is 45.0 Å². The second-order valence-corrected chi connectivity index (χ2v) is 7.75. The molecule has 1 N–H and O–H groups in total. The predicted molar refractivity (Wildman–Crippen MR) is 109 cm³/mol. The molecular weight excluding hydrogens is 382 g/mol. The van der Waals surface area contributed by atoms with Crippen LogP contribution in [0.3, 0.4) is 0 Å². The number of carboxylic acid groups (broad SMARTS) is 1. The van der Waals surface area contributed by atoms with Gasteiger partial charge < -0.3 is 14.7 Å². The third-order valence-electron chi connectivity index (χ3n) is 6.11. The molecule has 7 heteroatoms. The normalized spacial score (nSPS) is 17.2. The molecule has 7 nitrogen and oxygen atoms in total. The third kappa shape index (κ3) is 2.85. The summed E-state index contributed by atoms with van der Waals surface area (Å²) < 4.78 is 7.32. The number of aromatic nitrogens is 2. The van der Waals surface area contributed by atoms with Crippen LogP contribution in [-0.2, 0) is 23.1 Å². The fraction of sp³-hybridized carbons (Fsp3) is 0.261. The highest BCUT2D eigenvalue weighted by Gasteiger charge is 2.36. The standard InChI is InChI=1S/C23H21N3O4/c1-25-21-12-26(11-19(22(27)28)18(21)10-24-25)23(29)30-13-20-16-8-4-2-6-14(16)15-7-3-5-9-17(15)20/h2-10,19-20H,11-13H2,1H3,(H,27,28). The molecule has 2 aromatic carbocycles. The van der Waals surface area contributed by atoms with Crippen LogP contribution in [0.1, 0.15) is 34.2 Å². The van der Waals surface area contributed by atoms with Crippen LogP contribution in [0, 0.1) is 0 Å². The largest absolute Gasteiger partial charge is 0.481 e. The molecule has 1 aliphatic heterocycles. The Balaban J connectivity index is 1.36. The molecule has 3 aromatic rings. The molecule has 0 spiro atoms. The van der Waals surface area contributed by atoms with Crippen molar-refractivity contribution in [3.05, 3.63) is 77.1 Å². The van der Waals surface area contributed by atoms with E-state index >= 15 is 0 Å². The number of carboxylic acids is 1. The van der Waals surface area contributed by atoms with Crippen molar-refractivity contribution in [3.8, 4) is 11.1 Å². The van der Waals surface area contributed by atoms with E-state index in [2.05, 4.69) is 29.4 Å². The van der Waals surface area contributed by atoms with Crippen molar-refractivity contribution in [1.82, 2.24) is 14.7 Å². The van der Waals surface area contributed by atoms with Gasteiger partial charge in [0.2, 0.25) is 0 Å². The molecule has 0 saturated heterocycles. The molecule has 5 rings (SSSR count). The number of carbonyl (C=O) groups is 2. The minimum atomic E-state index is -0.972. The van der Waals surface area contributed by atoms with Gasteiger partial charge in [0.15, 0.2) is 0 Å².